The van der Waals surface area contributed by atoms with E-state index in [1.165, 1.54) is 12.4 Å². The Morgan fingerprint density at radius 2 is 1.84 bits per heavy atom. The second kappa shape index (κ2) is 6.07. The molecule has 1 aromatic rings. The van der Waals surface area contributed by atoms with E-state index in [2.05, 4.69) is 4.99 Å². The zero-order valence-electron chi connectivity index (χ0n) is 9.48. The number of benzene rings is 1. The van der Waals surface area contributed by atoms with Gasteiger partial charge in [-0.2, -0.15) is 0 Å². The Hall–Kier alpha value is -0.840. The molecule has 0 aliphatic carbocycles. The van der Waals surface area contributed by atoms with Crippen LogP contribution in [0.15, 0.2) is 41.0 Å². The van der Waals surface area contributed by atoms with Gasteiger partial charge in [0.05, 0.1) is 5.38 Å². The van der Waals surface area contributed by atoms with Gasteiger partial charge in [0.1, 0.15) is 0 Å². The van der Waals surface area contributed by atoms with Crippen LogP contribution in [0.25, 0.3) is 0 Å². The van der Waals surface area contributed by atoms with E-state index in [1.807, 2.05) is 0 Å². The minimum atomic E-state index is -2.66. The first-order valence-electron chi connectivity index (χ1n) is 5.35. The molecule has 102 valence electrons. The molecule has 0 spiro atoms. The lowest BCUT2D eigenvalue weighted by molar-refractivity contribution is 0.0806. The molecule has 0 fully saturated rings. The van der Waals surface area contributed by atoms with Crippen LogP contribution >= 0.6 is 35.0 Å². The maximum atomic E-state index is 12.5. The van der Waals surface area contributed by atoms with Gasteiger partial charge < -0.3 is 0 Å². The van der Waals surface area contributed by atoms with Crippen molar-refractivity contribution >= 4 is 41.2 Å². The van der Waals surface area contributed by atoms with Crippen LogP contribution in [0.3, 0.4) is 0 Å². The molecule has 2 unspecified atom stereocenters. The third kappa shape index (κ3) is 3.38. The molecule has 2 nitrogen and oxygen atoms in total. The molecule has 0 saturated heterocycles. The summed E-state index contributed by atoms with van der Waals surface area (Å²) in [4.78, 5) is 3.70. The Bertz CT molecular complexity index is 502. The smallest absolute Gasteiger partial charge is 0.262 e. The van der Waals surface area contributed by atoms with Crippen molar-refractivity contribution < 1.29 is 8.78 Å². The molecule has 2 rings (SSSR count). The second-order valence-corrected chi connectivity index (χ2v) is 5.18. The second-order valence-electron chi connectivity index (χ2n) is 3.91. The summed E-state index contributed by atoms with van der Waals surface area (Å²) in [6.07, 6.45) is -1.35. The summed E-state index contributed by atoms with van der Waals surface area (Å²) in [5.41, 5.74) is 1.32. The maximum absolute atomic E-state index is 12.5. The van der Waals surface area contributed by atoms with Gasteiger partial charge in [-0.1, -0.05) is 23.7 Å². The van der Waals surface area contributed by atoms with E-state index in [0.717, 1.165) is 9.98 Å². The molecule has 19 heavy (non-hydrogen) atoms. The highest BCUT2D eigenvalue weighted by Gasteiger charge is 2.28. The third-order valence-electron chi connectivity index (χ3n) is 2.58. The molecule has 0 saturated carbocycles. The molecule has 1 aliphatic rings. The largest absolute Gasteiger partial charge is 0.279 e. The molecule has 2 atom stereocenters. The highest BCUT2D eigenvalue weighted by molar-refractivity contribution is 6.30. The summed E-state index contributed by atoms with van der Waals surface area (Å²) in [5, 5.41) is 0.0662. The van der Waals surface area contributed by atoms with E-state index < -0.39 is 18.0 Å². The van der Waals surface area contributed by atoms with Gasteiger partial charge in [0.2, 0.25) is 0 Å². The van der Waals surface area contributed by atoms with Crippen LogP contribution in [-0.2, 0) is 0 Å². The first-order chi connectivity index (χ1) is 8.99. The molecular formula is C12H9Cl3F2N2. The first kappa shape index (κ1) is 14.6. The van der Waals surface area contributed by atoms with Crippen LogP contribution in [0.4, 0.5) is 8.78 Å². The van der Waals surface area contributed by atoms with Crippen molar-refractivity contribution in [2.24, 2.45) is 4.99 Å². The van der Waals surface area contributed by atoms with Crippen molar-refractivity contribution in [2.75, 3.05) is 0 Å². The normalized spacial score (nSPS) is 20.6. The highest BCUT2D eigenvalue weighted by atomic mass is 35.5. The van der Waals surface area contributed by atoms with Gasteiger partial charge >= 0.3 is 0 Å². The molecule has 0 bridgehead atoms. The van der Waals surface area contributed by atoms with Gasteiger partial charge in [-0.3, -0.25) is 9.41 Å². The van der Waals surface area contributed by atoms with Crippen molar-refractivity contribution in [1.82, 2.24) is 4.42 Å². The fourth-order valence-electron chi connectivity index (χ4n) is 1.61. The fourth-order valence-corrected chi connectivity index (χ4v) is 2.24. The maximum Gasteiger partial charge on any atom is 0.279 e. The first-order valence-corrected chi connectivity index (χ1v) is 6.51. The summed E-state index contributed by atoms with van der Waals surface area (Å²) >= 11 is 17.7. The van der Waals surface area contributed by atoms with E-state index in [-0.39, 0.29) is 0 Å². The number of alkyl halides is 3. The predicted molar refractivity (Wildman–Crippen MR) is 74.1 cm³/mol. The van der Waals surface area contributed by atoms with Gasteiger partial charge in [0, 0.05) is 34.8 Å². The van der Waals surface area contributed by atoms with Crippen molar-refractivity contribution in [3.05, 3.63) is 46.6 Å². The molecule has 7 heteroatoms. The molecule has 0 N–H and O–H groups in total. The van der Waals surface area contributed by atoms with E-state index in [1.54, 1.807) is 24.3 Å². The Morgan fingerprint density at radius 3 is 2.37 bits per heavy atom. The van der Waals surface area contributed by atoms with E-state index in [9.17, 15) is 8.78 Å². The van der Waals surface area contributed by atoms with Crippen molar-refractivity contribution in [2.45, 2.75) is 18.0 Å². The molecule has 1 aliphatic heterocycles. The minimum Gasteiger partial charge on any atom is -0.262 e. The van der Waals surface area contributed by atoms with Gasteiger partial charge in [-0.25, -0.2) is 8.78 Å². The summed E-state index contributed by atoms with van der Waals surface area (Å²) < 4.78 is 25.9. The van der Waals surface area contributed by atoms with Crippen LogP contribution in [0.2, 0.25) is 5.02 Å². The number of nitrogens with zero attached hydrogens (tertiary/aromatic N) is 2. The number of aliphatic imine (C=N–C) groups is 1. The van der Waals surface area contributed by atoms with Crippen LogP contribution in [0, 0.1) is 0 Å². The quantitative estimate of drug-likeness (QED) is 0.584. The molecule has 0 radical (unpaired) electrons. The molecule has 1 aromatic carbocycles. The third-order valence-corrected chi connectivity index (χ3v) is 3.64. The van der Waals surface area contributed by atoms with Crippen molar-refractivity contribution in [3.8, 4) is 0 Å². The molecule has 1 heterocycles. The van der Waals surface area contributed by atoms with Crippen molar-refractivity contribution in [3.63, 3.8) is 0 Å². The number of rotatable bonds is 3. The van der Waals surface area contributed by atoms with Crippen LogP contribution in [0.5, 0.6) is 0 Å². The van der Waals surface area contributed by atoms with Crippen LogP contribution in [-0.4, -0.2) is 23.2 Å². The number of halogens is 5. The monoisotopic (exact) mass is 324 g/mol. The number of hydrogen-bond acceptors (Lipinski definition) is 2. The summed E-state index contributed by atoms with van der Waals surface area (Å²) in [5.74, 6) is 0. The Balaban J connectivity index is 2.17. The Kier molecular flexibility index (Phi) is 4.66. The average Bonchev–Trinajstić information content (AvgIpc) is 2.38. The SMILES string of the molecule is FC(F)C1N=CC(C(Cl)c2ccc(Cl)cc2)=CN1Cl. The van der Waals surface area contributed by atoms with Gasteiger partial charge in [0.25, 0.3) is 6.43 Å². The Labute approximate surface area is 124 Å². The average molecular weight is 326 g/mol. The highest BCUT2D eigenvalue weighted by Crippen LogP contribution is 2.32. The molecule has 0 aromatic heterocycles. The lowest BCUT2D eigenvalue weighted by Crippen LogP contribution is -2.31. The van der Waals surface area contributed by atoms with Crippen LogP contribution in [0.1, 0.15) is 10.9 Å². The zero-order valence-corrected chi connectivity index (χ0v) is 11.7. The topological polar surface area (TPSA) is 15.6 Å². The zero-order chi connectivity index (χ0) is 14.0. The number of allylic oxidation sites excluding steroid dienone is 1. The lowest BCUT2D eigenvalue weighted by Gasteiger charge is -2.25. The van der Waals surface area contributed by atoms with Gasteiger partial charge in [0.15, 0.2) is 6.17 Å². The number of hydrogen-bond donors (Lipinski definition) is 0. The van der Waals surface area contributed by atoms with Crippen LogP contribution < -0.4 is 0 Å². The van der Waals surface area contributed by atoms with E-state index >= 15 is 0 Å². The fraction of sp³-hybridized carbons (Fsp3) is 0.250. The van der Waals surface area contributed by atoms with Gasteiger partial charge in [-0.15, -0.1) is 11.6 Å². The summed E-state index contributed by atoms with van der Waals surface area (Å²) in [6, 6.07) is 6.92. The van der Waals surface area contributed by atoms with E-state index in [0.29, 0.717) is 10.6 Å². The van der Waals surface area contributed by atoms with E-state index in [4.69, 9.17) is 35.0 Å². The summed E-state index contributed by atoms with van der Waals surface area (Å²) in [7, 11) is 0. The standard InChI is InChI=1S/C12H9Cl3F2N2/c13-9-3-1-7(2-4-9)10(14)8-5-18-12(11(16)17)19(15)6-8/h1-6,10-12H. The predicted octanol–water partition coefficient (Wildman–Crippen LogP) is 4.64. The lowest BCUT2D eigenvalue weighted by atomic mass is 10.1. The minimum absolute atomic E-state index is 0.527. The van der Waals surface area contributed by atoms with Gasteiger partial charge in [-0.05, 0) is 17.7 Å². The summed E-state index contributed by atoms with van der Waals surface area (Å²) in [6.45, 7) is 0. The molecular weight excluding hydrogens is 317 g/mol. The van der Waals surface area contributed by atoms with Crippen molar-refractivity contribution in [1.29, 1.82) is 0 Å². The molecule has 0 amide bonds. The Morgan fingerprint density at radius 1 is 1.21 bits per heavy atom.